The first-order valence-electron chi connectivity index (χ1n) is 14.4. The van der Waals surface area contributed by atoms with Crippen LogP contribution in [-0.4, -0.2) is 97.4 Å². The van der Waals surface area contributed by atoms with Crippen molar-refractivity contribution in [1.82, 2.24) is 14.7 Å². The number of amides is 4. The number of ether oxygens (including phenoxy) is 1. The van der Waals surface area contributed by atoms with E-state index in [-0.39, 0.29) is 36.1 Å². The summed E-state index contributed by atoms with van der Waals surface area (Å²) in [7, 11) is 0. The minimum absolute atomic E-state index is 0.0511. The summed E-state index contributed by atoms with van der Waals surface area (Å²) in [5.74, 6) is -0.833. The van der Waals surface area contributed by atoms with E-state index in [2.05, 4.69) is 10.6 Å². The molecule has 0 unspecified atom stereocenters. The lowest BCUT2D eigenvalue weighted by Gasteiger charge is -2.30. The number of carbonyl (C=O) groups is 4. The van der Waals surface area contributed by atoms with Crippen LogP contribution in [0.2, 0.25) is 10.0 Å². The van der Waals surface area contributed by atoms with Gasteiger partial charge in [-0.3, -0.25) is 24.1 Å². The molecular formula is C30H35Cl2N5O5. The van der Waals surface area contributed by atoms with Crippen molar-refractivity contribution in [2.45, 2.75) is 25.7 Å². The van der Waals surface area contributed by atoms with Gasteiger partial charge in [0.25, 0.3) is 11.8 Å². The zero-order chi connectivity index (χ0) is 29.6. The van der Waals surface area contributed by atoms with Crippen molar-refractivity contribution in [2.75, 3.05) is 69.7 Å². The van der Waals surface area contributed by atoms with Gasteiger partial charge in [-0.1, -0.05) is 23.2 Å². The first-order chi connectivity index (χ1) is 20.3. The molecule has 0 atom stereocenters. The molecule has 12 heteroatoms. The molecule has 0 aromatic heterocycles. The molecule has 0 radical (unpaired) electrons. The first-order valence-corrected chi connectivity index (χ1v) is 15.1. The van der Waals surface area contributed by atoms with Crippen LogP contribution in [0.3, 0.4) is 0 Å². The van der Waals surface area contributed by atoms with Gasteiger partial charge in [-0.05, 0) is 75.2 Å². The molecule has 3 aliphatic rings. The van der Waals surface area contributed by atoms with E-state index in [4.69, 9.17) is 27.9 Å². The number of nitrogens with one attached hydrogen (secondary N) is 2. The third-order valence-corrected chi connectivity index (χ3v) is 8.63. The smallest absolute Gasteiger partial charge is 0.255 e. The molecule has 3 heterocycles. The second kappa shape index (κ2) is 13.9. The lowest BCUT2D eigenvalue weighted by molar-refractivity contribution is -0.121. The van der Waals surface area contributed by atoms with Crippen LogP contribution in [0.5, 0.6) is 0 Å². The summed E-state index contributed by atoms with van der Waals surface area (Å²) >= 11 is 12.6. The molecular weight excluding hydrogens is 581 g/mol. The summed E-state index contributed by atoms with van der Waals surface area (Å²) in [6.07, 6.45) is 3.17. The Bertz CT molecular complexity index is 1340. The quantitative estimate of drug-likeness (QED) is 0.487. The van der Waals surface area contributed by atoms with Gasteiger partial charge < -0.3 is 25.2 Å². The molecule has 2 aromatic carbocycles. The maximum Gasteiger partial charge on any atom is 0.255 e. The van der Waals surface area contributed by atoms with E-state index >= 15 is 0 Å². The molecule has 0 saturated carbocycles. The standard InChI is InChI=1S/C30H35Cl2N5O5/c31-24-6-4-22(18-23(24)30(41)37-13-15-42-16-14-37)33-27(38)19-35-11-7-20(8-12-35)28(39)34-26-17-21(3-5-25(26)32)29(40)36-9-1-2-10-36/h3-6,17-18,20H,1-2,7-16,19H2,(H,33,38)(H,34,39). The zero-order valence-corrected chi connectivity index (χ0v) is 24.9. The maximum absolute atomic E-state index is 13.0. The van der Waals surface area contributed by atoms with Crippen molar-refractivity contribution in [3.05, 3.63) is 57.6 Å². The van der Waals surface area contributed by atoms with E-state index in [9.17, 15) is 19.2 Å². The fraction of sp³-hybridized carbons (Fsp3) is 0.467. The monoisotopic (exact) mass is 615 g/mol. The number of hydrogen-bond donors (Lipinski definition) is 2. The van der Waals surface area contributed by atoms with Crippen molar-refractivity contribution in [3.63, 3.8) is 0 Å². The Labute approximate surface area is 255 Å². The third kappa shape index (κ3) is 7.42. The van der Waals surface area contributed by atoms with Crippen LogP contribution < -0.4 is 10.6 Å². The molecule has 2 aromatic rings. The van der Waals surface area contributed by atoms with Gasteiger partial charge in [-0.15, -0.1) is 0 Å². The van der Waals surface area contributed by atoms with E-state index < -0.39 is 0 Å². The number of halogens is 2. The Morgan fingerprint density at radius 1 is 0.786 bits per heavy atom. The third-order valence-electron chi connectivity index (χ3n) is 7.97. The number of morpholine rings is 1. The van der Waals surface area contributed by atoms with E-state index in [1.54, 1.807) is 41.3 Å². The molecule has 224 valence electrons. The highest BCUT2D eigenvalue weighted by Gasteiger charge is 2.28. The molecule has 42 heavy (non-hydrogen) atoms. The van der Waals surface area contributed by atoms with Crippen LogP contribution in [0.25, 0.3) is 0 Å². The Balaban J connectivity index is 1.11. The van der Waals surface area contributed by atoms with Gasteiger partial charge in [-0.25, -0.2) is 0 Å². The average Bonchev–Trinajstić information content (AvgIpc) is 3.54. The molecule has 10 nitrogen and oxygen atoms in total. The van der Waals surface area contributed by atoms with E-state index in [1.807, 2.05) is 9.80 Å². The van der Waals surface area contributed by atoms with Crippen LogP contribution >= 0.6 is 23.2 Å². The Morgan fingerprint density at radius 3 is 2.17 bits per heavy atom. The molecule has 3 aliphatic heterocycles. The van der Waals surface area contributed by atoms with Crippen LogP contribution in [0.1, 0.15) is 46.4 Å². The van der Waals surface area contributed by atoms with E-state index in [1.165, 1.54) is 0 Å². The van der Waals surface area contributed by atoms with Crippen molar-refractivity contribution >= 4 is 58.2 Å². The number of benzene rings is 2. The SMILES string of the molecule is O=C(CN1CCC(C(=O)Nc2cc(C(=O)N3CCCC3)ccc2Cl)CC1)Nc1ccc(Cl)c(C(=O)N2CCOCC2)c1. The van der Waals surface area contributed by atoms with Gasteiger partial charge in [0.15, 0.2) is 0 Å². The minimum Gasteiger partial charge on any atom is -0.378 e. The highest BCUT2D eigenvalue weighted by molar-refractivity contribution is 6.34. The molecule has 3 saturated heterocycles. The molecule has 4 amide bonds. The Hall–Kier alpha value is -3.18. The van der Waals surface area contributed by atoms with Gasteiger partial charge in [-0.2, -0.15) is 0 Å². The van der Waals surface area contributed by atoms with Crippen molar-refractivity contribution in [3.8, 4) is 0 Å². The molecule has 0 spiro atoms. The summed E-state index contributed by atoms with van der Waals surface area (Å²) in [5.41, 5.74) is 1.78. The predicted molar refractivity (Wildman–Crippen MR) is 161 cm³/mol. The van der Waals surface area contributed by atoms with Crippen LogP contribution in [-0.2, 0) is 14.3 Å². The first kappa shape index (κ1) is 30.3. The van der Waals surface area contributed by atoms with Gasteiger partial charge in [0.2, 0.25) is 11.8 Å². The highest BCUT2D eigenvalue weighted by atomic mass is 35.5. The summed E-state index contributed by atoms with van der Waals surface area (Å²) in [6, 6.07) is 9.87. The zero-order valence-electron chi connectivity index (χ0n) is 23.4. The largest absolute Gasteiger partial charge is 0.378 e. The topological polar surface area (TPSA) is 111 Å². The number of piperidine rings is 1. The fourth-order valence-corrected chi connectivity index (χ4v) is 5.92. The van der Waals surface area contributed by atoms with E-state index in [0.717, 1.165) is 25.9 Å². The van der Waals surface area contributed by atoms with E-state index in [0.29, 0.717) is 84.8 Å². The van der Waals surface area contributed by atoms with Crippen LogP contribution in [0, 0.1) is 5.92 Å². The minimum atomic E-state index is -0.233. The van der Waals surface area contributed by atoms with Crippen molar-refractivity contribution in [2.24, 2.45) is 5.92 Å². The maximum atomic E-state index is 13.0. The number of nitrogens with zero attached hydrogens (tertiary/aromatic N) is 3. The molecule has 0 aliphatic carbocycles. The lowest BCUT2D eigenvalue weighted by Crippen LogP contribution is -2.42. The molecule has 2 N–H and O–H groups in total. The average molecular weight is 617 g/mol. The van der Waals surface area contributed by atoms with Gasteiger partial charge in [0, 0.05) is 43.3 Å². The number of anilines is 2. The number of hydrogen-bond acceptors (Lipinski definition) is 6. The van der Waals surface area contributed by atoms with Crippen LogP contribution in [0.4, 0.5) is 11.4 Å². The summed E-state index contributed by atoms with van der Waals surface area (Å²) < 4.78 is 5.31. The summed E-state index contributed by atoms with van der Waals surface area (Å²) in [4.78, 5) is 57.0. The van der Waals surface area contributed by atoms with Gasteiger partial charge in [0.1, 0.15) is 0 Å². The number of likely N-dealkylation sites (tertiary alicyclic amines) is 2. The van der Waals surface area contributed by atoms with Gasteiger partial charge in [0.05, 0.1) is 41.1 Å². The highest BCUT2D eigenvalue weighted by Crippen LogP contribution is 2.27. The lowest BCUT2D eigenvalue weighted by atomic mass is 9.95. The fourth-order valence-electron chi connectivity index (χ4n) is 5.55. The normalized spacial score (nSPS) is 18.1. The van der Waals surface area contributed by atoms with Crippen molar-refractivity contribution in [1.29, 1.82) is 0 Å². The second-order valence-corrected chi connectivity index (χ2v) is 11.7. The molecule has 0 bridgehead atoms. The number of carbonyl (C=O) groups excluding carboxylic acids is 4. The second-order valence-electron chi connectivity index (χ2n) is 10.9. The molecule has 3 fully saturated rings. The molecule has 5 rings (SSSR count). The van der Waals surface area contributed by atoms with Gasteiger partial charge >= 0.3 is 0 Å². The number of rotatable bonds is 7. The Kier molecular flexibility index (Phi) is 9.99. The van der Waals surface area contributed by atoms with Crippen LogP contribution in [0.15, 0.2) is 36.4 Å². The summed E-state index contributed by atoms with van der Waals surface area (Å²) in [6.45, 7) is 4.77. The van der Waals surface area contributed by atoms with Crippen molar-refractivity contribution < 1.29 is 23.9 Å². The predicted octanol–water partition coefficient (Wildman–Crippen LogP) is 3.99. The Morgan fingerprint density at radius 2 is 1.45 bits per heavy atom. The summed E-state index contributed by atoms with van der Waals surface area (Å²) in [5, 5.41) is 6.48.